The number of aromatic nitrogens is 1. The first-order chi connectivity index (χ1) is 9.16. The summed E-state index contributed by atoms with van der Waals surface area (Å²) in [6.45, 7) is 3.16. The molecule has 1 aliphatic heterocycles. The summed E-state index contributed by atoms with van der Waals surface area (Å²) in [5, 5.41) is 6.17. The lowest BCUT2D eigenvalue weighted by molar-refractivity contribution is 0.0343. The number of nitrogens with one attached hydrogen (secondary N) is 2. The second kappa shape index (κ2) is 7.07. The Hall–Kier alpha value is -0.850. The zero-order valence-electron chi connectivity index (χ0n) is 11.1. The van der Waals surface area contributed by atoms with Crippen molar-refractivity contribution in [2.75, 3.05) is 26.2 Å². The molecule has 1 aliphatic rings. The van der Waals surface area contributed by atoms with E-state index in [1.807, 2.05) is 19.3 Å². The topological polar surface area (TPSA) is 55.3 Å². The summed E-state index contributed by atoms with van der Waals surface area (Å²) in [7, 11) is 1.85. The molecule has 1 aromatic rings. The largest absolute Gasteiger partial charge is 0.376 e. The van der Waals surface area contributed by atoms with Crippen molar-refractivity contribution < 1.29 is 9.53 Å². The molecule has 0 spiro atoms. The molecule has 1 fully saturated rings. The van der Waals surface area contributed by atoms with E-state index in [2.05, 4.69) is 26.6 Å². The number of rotatable bonds is 5. The lowest BCUT2D eigenvalue weighted by Crippen LogP contribution is -2.35. The van der Waals surface area contributed by atoms with Crippen molar-refractivity contribution in [2.45, 2.75) is 18.9 Å². The molecule has 1 amide bonds. The fourth-order valence-electron chi connectivity index (χ4n) is 2.19. The second-order valence-corrected chi connectivity index (χ2v) is 5.65. The van der Waals surface area contributed by atoms with Crippen LogP contribution in [0.15, 0.2) is 16.7 Å². The minimum atomic E-state index is -0.0675. The monoisotopic (exact) mass is 329 g/mol. The van der Waals surface area contributed by atoms with E-state index >= 15 is 0 Å². The molecule has 0 atom stereocenters. The van der Waals surface area contributed by atoms with Gasteiger partial charge in [0.25, 0.3) is 5.91 Å². The van der Waals surface area contributed by atoms with Crippen LogP contribution in [0, 0.1) is 0 Å². The Balaban J connectivity index is 1.67. The molecule has 19 heavy (non-hydrogen) atoms. The molecule has 0 bridgehead atoms. The molecule has 5 nitrogen and oxygen atoms in total. The first kappa shape index (κ1) is 14.6. The summed E-state index contributed by atoms with van der Waals surface area (Å²) < 4.78 is 8.44. The predicted molar refractivity (Wildman–Crippen MR) is 77.3 cm³/mol. The fourth-order valence-corrected chi connectivity index (χ4v) is 2.72. The summed E-state index contributed by atoms with van der Waals surface area (Å²) in [6.07, 6.45) is 4.31. The highest BCUT2D eigenvalue weighted by atomic mass is 79.9. The smallest absolute Gasteiger partial charge is 0.268 e. The number of hydrogen-bond donors (Lipinski definition) is 2. The van der Waals surface area contributed by atoms with Gasteiger partial charge in [0, 0.05) is 24.3 Å². The van der Waals surface area contributed by atoms with Gasteiger partial charge in [0.2, 0.25) is 0 Å². The first-order valence-electron chi connectivity index (χ1n) is 6.59. The Morgan fingerprint density at radius 1 is 1.58 bits per heavy atom. The van der Waals surface area contributed by atoms with Gasteiger partial charge in [-0.25, -0.2) is 0 Å². The number of halogens is 1. The summed E-state index contributed by atoms with van der Waals surface area (Å²) >= 11 is 3.35. The molecule has 0 radical (unpaired) electrons. The van der Waals surface area contributed by atoms with Gasteiger partial charge in [-0.05, 0) is 47.9 Å². The van der Waals surface area contributed by atoms with Gasteiger partial charge in [-0.15, -0.1) is 0 Å². The van der Waals surface area contributed by atoms with Crippen LogP contribution in [0.2, 0.25) is 0 Å². The van der Waals surface area contributed by atoms with Crippen molar-refractivity contribution in [3.63, 3.8) is 0 Å². The Morgan fingerprint density at radius 3 is 2.95 bits per heavy atom. The van der Waals surface area contributed by atoms with Crippen molar-refractivity contribution in [2.24, 2.45) is 7.05 Å². The van der Waals surface area contributed by atoms with Crippen LogP contribution < -0.4 is 10.6 Å². The van der Waals surface area contributed by atoms with Crippen LogP contribution in [0.5, 0.6) is 0 Å². The van der Waals surface area contributed by atoms with Crippen LogP contribution in [0.25, 0.3) is 0 Å². The number of nitrogens with zero attached hydrogens (tertiary/aromatic N) is 1. The average Bonchev–Trinajstić information content (AvgIpc) is 2.75. The van der Waals surface area contributed by atoms with Gasteiger partial charge in [-0.3, -0.25) is 4.79 Å². The number of carbonyl (C=O) groups is 1. The molecule has 1 aromatic heterocycles. The number of carbonyl (C=O) groups excluding carboxylic acids is 1. The second-order valence-electron chi connectivity index (χ2n) is 4.73. The molecular formula is C13H20BrN3O2. The van der Waals surface area contributed by atoms with E-state index in [0.717, 1.165) is 30.4 Å². The van der Waals surface area contributed by atoms with E-state index in [4.69, 9.17) is 4.74 Å². The van der Waals surface area contributed by atoms with Gasteiger partial charge in [0.05, 0.1) is 12.7 Å². The Morgan fingerprint density at radius 2 is 2.32 bits per heavy atom. The summed E-state index contributed by atoms with van der Waals surface area (Å²) in [5.41, 5.74) is 0.647. The molecule has 2 rings (SSSR count). The molecule has 0 unspecified atom stereocenters. The minimum absolute atomic E-state index is 0.0675. The van der Waals surface area contributed by atoms with Crippen molar-refractivity contribution >= 4 is 21.8 Å². The zero-order chi connectivity index (χ0) is 13.7. The Bertz CT molecular complexity index is 428. The van der Waals surface area contributed by atoms with E-state index < -0.39 is 0 Å². The maximum absolute atomic E-state index is 11.9. The molecule has 0 aromatic carbocycles. The maximum atomic E-state index is 11.9. The summed E-state index contributed by atoms with van der Waals surface area (Å²) in [5.74, 6) is -0.0675. The quantitative estimate of drug-likeness (QED) is 0.800. The maximum Gasteiger partial charge on any atom is 0.268 e. The SMILES string of the molecule is Cn1cc(Br)cc1C(=O)NCCOC1CCNCC1. The molecule has 2 N–H and O–H groups in total. The number of aryl methyl sites for hydroxylation is 1. The molecular weight excluding hydrogens is 310 g/mol. The van der Waals surface area contributed by atoms with Gasteiger partial charge in [-0.1, -0.05) is 0 Å². The number of piperidine rings is 1. The van der Waals surface area contributed by atoms with E-state index in [9.17, 15) is 4.79 Å². The third-order valence-electron chi connectivity index (χ3n) is 3.23. The summed E-state index contributed by atoms with van der Waals surface area (Å²) in [6, 6.07) is 1.81. The van der Waals surface area contributed by atoms with E-state index in [-0.39, 0.29) is 5.91 Å². The van der Waals surface area contributed by atoms with Crippen molar-refractivity contribution in [1.82, 2.24) is 15.2 Å². The van der Waals surface area contributed by atoms with Crippen LogP contribution in [0.1, 0.15) is 23.3 Å². The van der Waals surface area contributed by atoms with E-state index in [1.54, 1.807) is 4.57 Å². The Labute approximate surface area is 121 Å². The van der Waals surface area contributed by atoms with Gasteiger partial charge in [0.15, 0.2) is 0 Å². The van der Waals surface area contributed by atoms with Gasteiger partial charge in [0.1, 0.15) is 5.69 Å². The number of hydrogen-bond acceptors (Lipinski definition) is 3. The van der Waals surface area contributed by atoms with Crippen molar-refractivity contribution in [3.05, 3.63) is 22.4 Å². The Kier molecular flexibility index (Phi) is 5.42. The van der Waals surface area contributed by atoms with Crippen molar-refractivity contribution in [1.29, 1.82) is 0 Å². The normalized spacial score (nSPS) is 16.5. The molecule has 0 aliphatic carbocycles. The molecule has 6 heteroatoms. The van der Waals surface area contributed by atoms with Crippen LogP contribution in [0.4, 0.5) is 0 Å². The van der Waals surface area contributed by atoms with E-state index in [0.29, 0.717) is 24.9 Å². The highest BCUT2D eigenvalue weighted by molar-refractivity contribution is 9.10. The van der Waals surface area contributed by atoms with Gasteiger partial charge in [-0.2, -0.15) is 0 Å². The molecule has 106 valence electrons. The fraction of sp³-hybridized carbons (Fsp3) is 0.615. The van der Waals surface area contributed by atoms with E-state index in [1.165, 1.54) is 0 Å². The molecule has 0 saturated carbocycles. The lowest BCUT2D eigenvalue weighted by Gasteiger charge is -2.22. The number of ether oxygens (including phenoxy) is 1. The summed E-state index contributed by atoms with van der Waals surface area (Å²) in [4.78, 5) is 11.9. The number of amides is 1. The molecule has 1 saturated heterocycles. The standard InChI is InChI=1S/C13H20BrN3O2/c1-17-9-10(14)8-12(17)13(18)16-6-7-19-11-2-4-15-5-3-11/h8-9,11,15H,2-7H2,1H3,(H,16,18). The third kappa shape index (κ3) is 4.33. The van der Waals surface area contributed by atoms with Crippen LogP contribution in [-0.4, -0.2) is 42.8 Å². The predicted octanol–water partition coefficient (Wildman–Crippen LogP) is 1.29. The van der Waals surface area contributed by atoms with Crippen LogP contribution in [-0.2, 0) is 11.8 Å². The first-order valence-corrected chi connectivity index (χ1v) is 7.38. The highest BCUT2D eigenvalue weighted by Crippen LogP contribution is 2.13. The van der Waals surface area contributed by atoms with Crippen LogP contribution in [0.3, 0.4) is 0 Å². The van der Waals surface area contributed by atoms with Gasteiger partial charge >= 0.3 is 0 Å². The third-order valence-corrected chi connectivity index (χ3v) is 3.67. The zero-order valence-corrected chi connectivity index (χ0v) is 12.7. The van der Waals surface area contributed by atoms with Crippen LogP contribution >= 0.6 is 15.9 Å². The van der Waals surface area contributed by atoms with Crippen molar-refractivity contribution in [3.8, 4) is 0 Å². The average molecular weight is 330 g/mol. The lowest BCUT2D eigenvalue weighted by atomic mass is 10.1. The minimum Gasteiger partial charge on any atom is -0.376 e. The van der Waals surface area contributed by atoms with Gasteiger partial charge < -0.3 is 19.9 Å². The molecule has 2 heterocycles. The highest BCUT2D eigenvalue weighted by Gasteiger charge is 2.14.